The zero-order chi connectivity index (χ0) is 21.6. The van der Waals surface area contributed by atoms with Crippen molar-refractivity contribution in [3.8, 4) is 10.8 Å². The number of hydrogen-bond acceptors (Lipinski definition) is 7. The lowest BCUT2D eigenvalue weighted by molar-refractivity contribution is -0.133. The lowest BCUT2D eigenvalue weighted by Crippen LogP contribution is -2.50. The maximum Gasteiger partial charge on any atom is 0.257 e. The molecule has 0 unspecified atom stereocenters. The molecule has 0 radical (unpaired) electrons. The van der Waals surface area contributed by atoms with Crippen LogP contribution in [0.15, 0.2) is 46.2 Å². The Bertz CT molecular complexity index is 980. The second-order valence-corrected chi connectivity index (χ2v) is 8.84. The summed E-state index contributed by atoms with van der Waals surface area (Å²) in [7, 11) is 0. The minimum Gasteiger partial charge on any atom is -0.418 e. The summed E-state index contributed by atoms with van der Waals surface area (Å²) in [5.74, 6) is 1.11. The molecule has 1 aromatic carbocycles. The smallest absolute Gasteiger partial charge is 0.257 e. The highest BCUT2D eigenvalue weighted by molar-refractivity contribution is 7.13. The summed E-state index contributed by atoms with van der Waals surface area (Å²) in [5.41, 5.74) is 2.53. The molecule has 4 rings (SSSR count). The molecule has 0 aliphatic carbocycles. The first-order chi connectivity index (χ1) is 15.1. The van der Waals surface area contributed by atoms with Crippen LogP contribution in [0.2, 0.25) is 0 Å². The zero-order valence-electron chi connectivity index (χ0n) is 18.2. The molecule has 3 aromatic rings. The Morgan fingerprint density at radius 3 is 2.71 bits per heavy atom. The molecule has 8 heteroatoms. The van der Waals surface area contributed by atoms with Crippen molar-refractivity contribution in [1.29, 1.82) is 0 Å². The Morgan fingerprint density at radius 1 is 1.16 bits per heavy atom. The van der Waals surface area contributed by atoms with Crippen LogP contribution in [0.5, 0.6) is 0 Å². The highest BCUT2D eigenvalue weighted by Crippen LogP contribution is 2.23. The predicted molar refractivity (Wildman–Crippen MR) is 123 cm³/mol. The number of benzene rings is 1. The van der Waals surface area contributed by atoms with Crippen LogP contribution in [0.1, 0.15) is 24.8 Å². The summed E-state index contributed by atoms with van der Waals surface area (Å²) >= 11 is 1.56. The number of hydrogen-bond donors (Lipinski definition) is 0. The number of carbonyl (C=O) groups excluding carboxylic acids is 1. The fraction of sp³-hybridized carbons (Fsp3) is 0.435. The molecule has 7 nitrogen and oxygen atoms in total. The molecule has 0 spiro atoms. The Balaban J connectivity index is 1.32. The molecular formula is C23H29N5O2S. The number of piperazine rings is 1. The van der Waals surface area contributed by atoms with Gasteiger partial charge in [0.05, 0.1) is 18.0 Å². The Hall–Kier alpha value is -2.71. The van der Waals surface area contributed by atoms with Gasteiger partial charge in [0.1, 0.15) is 0 Å². The van der Waals surface area contributed by atoms with Crippen LogP contribution in [-0.4, -0.2) is 65.2 Å². The topological polar surface area (TPSA) is 65.7 Å². The average molecular weight is 440 g/mol. The van der Waals surface area contributed by atoms with Gasteiger partial charge in [-0.15, -0.1) is 21.5 Å². The van der Waals surface area contributed by atoms with E-state index in [0.29, 0.717) is 31.4 Å². The van der Waals surface area contributed by atoms with Crippen LogP contribution >= 0.6 is 11.3 Å². The fourth-order valence-electron chi connectivity index (χ4n) is 3.82. The van der Waals surface area contributed by atoms with Gasteiger partial charge >= 0.3 is 0 Å². The Morgan fingerprint density at radius 2 is 2.00 bits per heavy atom. The van der Waals surface area contributed by atoms with E-state index in [2.05, 4.69) is 58.1 Å². The number of nitrogens with zero attached hydrogens (tertiary/aromatic N) is 5. The van der Waals surface area contributed by atoms with Crippen molar-refractivity contribution in [3.63, 3.8) is 0 Å². The molecule has 0 N–H and O–H groups in total. The van der Waals surface area contributed by atoms with E-state index in [1.807, 2.05) is 22.4 Å². The molecule has 164 valence electrons. The third-order valence-corrected chi connectivity index (χ3v) is 6.33. The summed E-state index contributed by atoms with van der Waals surface area (Å²) in [6, 6.07) is 12.5. The minimum atomic E-state index is 0.113. The van der Waals surface area contributed by atoms with E-state index in [9.17, 15) is 4.79 Å². The van der Waals surface area contributed by atoms with Crippen molar-refractivity contribution in [2.45, 2.75) is 26.8 Å². The summed E-state index contributed by atoms with van der Waals surface area (Å²) in [6.45, 7) is 9.27. The van der Waals surface area contributed by atoms with Gasteiger partial charge < -0.3 is 14.2 Å². The first kappa shape index (κ1) is 21.5. The van der Waals surface area contributed by atoms with E-state index in [-0.39, 0.29) is 5.91 Å². The summed E-state index contributed by atoms with van der Waals surface area (Å²) in [5, 5.41) is 10.3. The number of rotatable bonds is 8. The van der Waals surface area contributed by atoms with E-state index in [1.165, 1.54) is 11.3 Å². The van der Waals surface area contributed by atoms with Crippen molar-refractivity contribution in [3.05, 3.63) is 53.2 Å². The van der Waals surface area contributed by atoms with Crippen LogP contribution in [0.4, 0.5) is 5.69 Å². The molecule has 2 aromatic heterocycles. The minimum absolute atomic E-state index is 0.113. The van der Waals surface area contributed by atoms with Crippen molar-refractivity contribution in [2.75, 3.05) is 44.2 Å². The summed E-state index contributed by atoms with van der Waals surface area (Å²) < 4.78 is 5.79. The number of thiophene rings is 1. The number of anilines is 1. The lowest BCUT2D eigenvalue weighted by atomic mass is 10.2. The van der Waals surface area contributed by atoms with Gasteiger partial charge in [-0.25, -0.2) is 0 Å². The number of aryl methyl sites for hydroxylation is 1. The molecular weight excluding hydrogens is 410 g/mol. The molecule has 1 amide bonds. The van der Waals surface area contributed by atoms with Gasteiger partial charge in [0, 0.05) is 38.4 Å². The van der Waals surface area contributed by atoms with Gasteiger partial charge in [-0.3, -0.25) is 9.69 Å². The van der Waals surface area contributed by atoms with Gasteiger partial charge in [0.2, 0.25) is 11.8 Å². The van der Waals surface area contributed by atoms with Crippen molar-refractivity contribution in [2.24, 2.45) is 0 Å². The van der Waals surface area contributed by atoms with E-state index in [0.717, 1.165) is 37.5 Å². The van der Waals surface area contributed by atoms with Gasteiger partial charge in [-0.05, 0) is 42.5 Å². The quantitative estimate of drug-likeness (QED) is 0.534. The van der Waals surface area contributed by atoms with E-state index in [1.54, 1.807) is 11.3 Å². The van der Waals surface area contributed by atoms with Gasteiger partial charge in [-0.2, -0.15) is 0 Å². The molecule has 1 fully saturated rings. The standard InChI is InChI=1S/C23H29N5O2S/c1-3-9-28(16-21-24-25-23(30-21)20-8-5-14-31-20)22(29)17-26-10-12-27(13-11-26)19-7-4-6-18(2)15-19/h4-8,14-15H,3,9-13,16-17H2,1-2H3. The Kier molecular flexibility index (Phi) is 6.99. The molecule has 31 heavy (non-hydrogen) atoms. The van der Waals surface area contributed by atoms with Crippen molar-refractivity contribution in [1.82, 2.24) is 20.0 Å². The van der Waals surface area contributed by atoms with Crippen LogP contribution in [0.25, 0.3) is 10.8 Å². The second kappa shape index (κ2) is 10.1. The highest BCUT2D eigenvalue weighted by atomic mass is 32.1. The average Bonchev–Trinajstić information content (AvgIpc) is 3.46. The Labute approximate surface area is 187 Å². The van der Waals surface area contributed by atoms with Gasteiger partial charge in [0.15, 0.2) is 0 Å². The van der Waals surface area contributed by atoms with Crippen LogP contribution in [0.3, 0.4) is 0 Å². The van der Waals surface area contributed by atoms with Crippen molar-refractivity contribution >= 4 is 22.9 Å². The highest BCUT2D eigenvalue weighted by Gasteiger charge is 2.23. The maximum atomic E-state index is 13.0. The summed E-state index contributed by atoms with van der Waals surface area (Å²) in [6.07, 6.45) is 0.888. The van der Waals surface area contributed by atoms with E-state index < -0.39 is 0 Å². The van der Waals surface area contributed by atoms with Crippen molar-refractivity contribution < 1.29 is 9.21 Å². The molecule has 1 saturated heterocycles. The SMILES string of the molecule is CCCN(Cc1nnc(-c2cccs2)o1)C(=O)CN1CCN(c2cccc(C)c2)CC1. The zero-order valence-corrected chi connectivity index (χ0v) is 19.0. The van der Waals surface area contributed by atoms with Crippen LogP contribution < -0.4 is 4.90 Å². The molecule has 0 bridgehead atoms. The van der Waals surface area contributed by atoms with Crippen LogP contribution in [0, 0.1) is 6.92 Å². The molecule has 1 aliphatic heterocycles. The van der Waals surface area contributed by atoms with E-state index >= 15 is 0 Å². The second-order valence-electron chi connectivity index (χ2n) is 7.90. The van der Waals surface area contributed by atoms with E-state index in [4.69, 9.17) is 4.42 Å². The monoisotopic (exact) mass is 439 g/mol. The first-order valence-corrected chi connectivity index (χ1v) is 11.7. The normalized spacial score (nSPS) is 14.7. The molecule has 3 heterocycles. The number of carbonyl (C=O) groups is 1. The summed E-state index contributed by atoms with van der Waals surface area (Å²) in [4.78, 5) is 20.4. The fourth-order valence-corrected chi connectivity index (χ4v) is 4.47. The maximum absolute atomic E-state index is 13.0. The first-order valence-electron chi connectivity index (χ1n) is 10.8. The molecule has 0 saturated carbocycles. The number of amides is 1. The third kappa shape index (κ3) is 5.51. The predicted octanol–water partition coefficient (Wildman–Crippen LogP) is 3.67. The lowest BCUT2D eigenvalue weighted by Gasteiger charge is -2.36. The van der Waals surface area contributed by atoms with Gasteiger partial charge in [-0.1, -0.05) is 25.1 Å². The largest absolute Gasteiger partial charge is 0.418 e. The number of aromatic nitrogens is 2. The molecule has 1 aliphatic rings. The third-order valence-electron chi connectivity index (χ3n) is 5.47. The molecule has 0 atom stereocenters. The van der Waals surface area contributed by atoms with Gasteiger partial charge in [0.25, 0.3) is 5.89 Å². The van der Waals surface area contributed by atoms with Crippen LogP contribution in [-0.2, 0) is 11.3 Å².